The molecule has 0 bridgehead atoms. The lowest BCUT2D eigenvalue weighted by Gasteiger charge is -2.09. The summed E-state index contributed by atoms with van der Waals surface area (Å²) in [5.74, 6) is 0.185. The van der Waals surface area contributed by atoms with Crippen molar-refractivity contribution in [2.24, 2.45) is 0 Å². The highest BCUT2D eigenvalue weighted by Crippen LogP contribution is 2.22. The Bertz CT molecular complexity index is 1410. The molecule has 3 heterocycles. The Morgan fingerprint density at radius 3 is 2.62 bits per heavy atom. The van der Waals surface area contributed by atoms with Gasteiger partial charge in [0.1, 0.15) is 12.0 Å². The number of carbonyl (C=O) groups is 1. The molecule has 32 heavy (non-hydrogen) atoms. The summed E-state index contributed by atoms with van der Waals surface area (Å²) >= 11 is 0. The van der Waals surface area contributed by atoms with Gasteiger partial charge in [-0.05, 0) is 48.5 Å². The number of aromatic nitrogens is 5. The number of rotatable bonds is 5. The van der Waals surface area contributed by atoms with E-state index in [1.807, 2.05) is 28.7 Å². The first-order valence-electron chi connectivity index (χ1n) is 9.81. The molecule has 3 aromatic heterocycles. The van der Waals surface area contributed by atoms with Crippen molar-refractivity contribution >= 4 is 34.6 Å². The van der Waals surface area contributed by atoms with Crippen LogP contribution in [0.25, 0.3) is 17.0 Å². The van der Waals surface area contributed by atoms with Crippen molar-refractivity contribution in [2.45, 2.75) is 0 Å². The first-order valence-corrected chi connectivity index (χ1v) is 9.81. The van der Waals surface area contributed by atoms with Crippen LogP contribution in [0.5, 0.6) is 0 Å². The van der Waals surface area contributed by atoms with Crippen LogP contribution in [0, 0.1) is 0 Å². The van der Waals surface area contributed by atoms with Crippen LogP contribution in [-0.4, -0.2) is 30.2 Å². The predicted octanol–water partition coefficient (Wildman–Crippen LogP) is 3.76. The molecule has 4 N–H and O–H groups in total. The van der Waals surface area contributed by atoms with Gasteiger partial charge in [-0.3, -0.25) is 9.20 Å². The third kappa shape index (κ3) is 3.82. The summed E-state index contributed by atoms with van der Waals surface area (Å²) < 4.78 is 1.86. The molecule has 2 aromatic carbocycles. The van der Waals surface area contributed by atoms with Gasteiger partial charge < -0.3 is 16.4 Å². The molecular weight excluding hydrogens is 404 g/mol. The van der Waals surface area contributed by atoms with Crippen molar-refractivity contribution in [1.29, 1.82) is 0 Å². The number of amides is 1. The van der Waals surface area contributed by atoms with Crippen LogP contribution in [0.4, 0.5) is 23.0 Å². The lowest BCUT2D eigenvalue weighted by Crippen LogP contribution is -2.13. The van der Waals surface area contributed by atoms with E-state index in [1.54, 1.807) is 61.3 Å². The molecule has 0 aliphatic heterocycles. The van der Waals surface area contributed by atoms with Gasteiger partial charge in [-0.2, -0.15) is 0 Å². The zero-order chi connectivity index (χ0) is 21.9. The summed E-state index contributed by atoms with van der Waals surface area (Å²) in [5, 5.41) is 5.97. The Hall–Kier alpha value is -4.79. The number of anilines is 4. The highest BCUT2D eigenvalue weighted by molar-refractivity contribution is 6.05. The maximum atomic E-state index is 12.5. The highest BCUT2D eigenvalue weighted by Gasteiger charge is 2.10. The number of hydrogen-bond acceptors (Lipinski definition) is 7. The second kappa shape index (κ2) is 8.15. The van der Waals surface area contributed by atoms with Crippen LogP contribution >= 0.6 is 0 Å². The van der Waals surface area contributed by atoms with Crippen molar-refractivity contribution in [3.8, 4) is 11.4 Å². The van der Waals surface area contributed by atoms with Crippen LogP contribution in [0.2, 0.25) is 0 Å². The summed E-state index contributed by atoms with van der Waals surface area (Å²) in [7, 11) is 0. The SMILES string of the molecule is Nc1ccccc1NC(=O)c1ccc(Nc2nccc(-c3cnc4ccncn34)n2)cc1. The molecule has 0 radical (unpaired) electrons. The summed E-state index contributed by atoms with van der Waals surface area (Å²) in [6.07, 6.45) is 6.81. The number of hydrogen-bond donors (Lipinski definition) is 3. The third-order valence-corrected chi connectivity index (χ3v) is 4.85. The molecule has 0 spiro atoms. The molecule has 0 saturated heterocycles. The fourth-order valence-corrected chi connectivity index (χ4v) is 3.23. The maximum Gasteiger partial charge on any atom is 0.255 e. The molecule has 0 unspecified atom stereocenters. The van der Waals surface area contributed by atoms with Crippen LogP contribution in [0.1, 0.15) is 10.4 Å². The van der Waals surface area contributed by atoms with Crippen molar-refractivity contribution in [3.05, 3.63) is 91.1 Å². The molecule has 0 saturated carbocycles. The normalized spacial score (nSPS) is 10.8. The average molecular weight is 422 g/mol. The number of nitrogen functional groups attached to an aromatic ring is 1. The number of carbonyl (C=O) groups excluding carboxylic acids is 1. The summed E-state index contributed by atoms with van der Waals surface area (Å²) in [4.78, 5) is 29.9. The molecule has 156 valence electrons. The van der Waals surface area contributed by atoms with E-state index in [0.717, 1.165) is 17.0 Å². The Morgan fingerprint density at radius 1 is 0.938 bits per heavy atom. The maximum absolute atomic E-state index is 12.5. The molecule has 0 fully saturated rings. The minimum atomic E-state index is -0.242. The lowest BCUT2D eigenvalue weighted by atomic mass is 10.2. The average Bonchev–Trinajstić information content (AvgIpc) is 3.25. The van der Waals surface area contributed by atoms with Crippen LogP contribution in [-0.2, 0) is 0 Å². The Labute approximate surface area is 183 Å². The number of nitrogens with one attached hydrogen (secondary N) is 2. The highest BCUT2D eigenvalue weighted by atomic mass is 16.1. The first kappa shape index (κ1) is 19.2. The van der Waals surface area contributed by atoms with Crippen molar-refractivity contribution in [3.63, 3.8) is 0 Å². The van der Waals surface area contributed by atoms with Gasteiger partial charge in [0, 0.05) is 23.6 Å². The monoisotopic (exact) mass is 422 g/mol. The van der Waals surface area contributed by atoms with Gasteiger partial charge in [-0.1, -0.05) is 12.1 Å². The van der Waals surface area contributed by atoms with Crippen molar-refractivity contribution in [1.82, 2.24) is 24.3 Å². The van der Waals surface area contributed by atoms with E-state index in [1.165, 1.54) is 0 Å². The fraction of sp³-hybridized carbons (Fsp3) is 0. The fourth-order valence-electron chi connectivity index (χ4n) is 3.23. The minimum absolute atomic E-state index is 0.242. The van der Waals surface area contributed by atoms with Gasteiger partial charge in [-0.15, -0.1) is 0 Å². The van der Waals surface area contributed by atoms with Crippen LogP contribution < -0.4 is 16.4 Å². The molecule has 9 nitrogen and oxygen atoms in total. The van der Waals surface area contributed by atoms with Gasteiger partial charge in [0.15, 0.2) is 0 Å². The number of nitrogens with zero attached hydrogens (tertiary/aromatic N) is 5. The van der Waals surface area contributed by atoms with Gasteiger partial charge >= 0.3 is 0 Å². The van der Waals surface area contributed by atoms with Crippen LogP contribution in [0.3, 0.4) is 0 Å². The van der Waals surface area contributed by atoms with E-state index in [4.69, 9.17) is 5.73 Å². The summed E-state index contributed by atoms with van der Waals surface area (Å²) in [5.41, 5.74) is 10.5. The van der Waals surface area contributed by atoms with Gasteiger partial charge in [0.25, 0.3) is 5.91 Å². The van der Waals surface area contributed by atoms with E-state index >= 15 is 0 Å². The smallest absolute Gasteiger partial charge is 0.255 e. The molecule has 9 heteroatoms. The third-order valence-electron chi connectivity index (χ3n) is 4.85. The number of nitrogens with two attached hydrogens (primary N) is 1. The van der Waals surface area contributed by atoms with Crippen molar-refractivity contribution in [2.75, 3.05) is 16.4 Å². The van der Waals surface area contributed by atoms with Crippen molar-refractivity contribution < 1.29 is 4.79 Å². The number of fused-ring (bicyclic) bond motifs is 1. The van der Waals surface area contributed by atoms with Crippen LogP contribution in [0.15, 0.2) is 85.6 Å². The molecule has 0 aliphatic rings. The molecule has 0 atom stereocenters. The van der Waals surface area contributed by atoms with E-state index in [9.17, 15) is 4.79 Å². The molecule has 1 amide bonds. The summed E-state index contributed by atoms with van der Waals surface area (Å²) in [6, 6.07) is 17.8. The Balaban J connectivity index is 1.32. The van der Waals surface area contributed by atoms with E-state index in [-0.39, 0.29) is 5.91 Å². The number of benzene rings is 2. The topological polar surface area (TPSA) is 123 Å². The molecule has 0 aliphatic carbocycles. The first-order chi connectivity index (χ1) is 15.7. The van der Waals surface area contributed by atoms with E-state index in [2.05, 4.69) is 30.6 Å². The molecule has 5 aromatic rings. The zero-order valence-corrected chi connectivity index (χ0v) is 16.8. The number of para-hydroxylation sites is 2. The minimum Gasteiger partial charge on any atom is -0.397 e. The Kier molecular flexibility index (Phi) is 4.89. The second-order valence-electron chi connectivity index (χ2n) is 6.96. The molecule has 5 rings (SSSR count). The van der Waals surface area contributed by atoms with Gasteiger partial charge in [0.05, 0.1) is 29.0 Å². The second-order valence-corrected chi connectivity index (χ2v) is 6.96. The largest absolute Gasteiger partial charge is 0.397 e. The Morgan fingerprint density at radius 2 is 1.78 bits per heavy atom. The molecular formula is C23H18N8O. The van der Waals surface area contributed by atoms with E-state index in [0.29, 0.717) is 28.6 Å². The van der Waals surface area contributed by atoms with E-state index < -0.39 is 0 Å². The van der Waals surface area contributed by atoms with Gasteiger partial charge in [-0.25, -0.2) is 19.9 Å². The lowest BCUT2D eigenvalue weighted by molar-refractivity contribution is 0.102. The quantitative estimate of drug-likeness (QED) is 0.368. The summed E-state index contributed by atoms with van der Waals surface area (Å²) in [6.45, 7) is 0. The standard InChI is InChI=1S/C23H18N8O/c24-17-3-1-2-4-18(17)29-22(32)15-5-7-16(8-6-15)28-23-26-12-9-19(30-23)20-13-27-21-10-11-25-14-31(20)21/h1-14H,24H2,(H,29,32)(H,26,28,30). The number of imidazole rings is 1. The van der Waals surface area contributed by atoms with Gasteiger partial charge in [0.2, 0.25) is 5.95 Å². The predicted molar refractivity (Wildman–Crippen MR) is 123 cm³/mol. The zero-order valence-electron chi connectivity index (χ0n) is 16.8.